The Hall–Kier alpha value is -3.35. The molecule has 1 unspecified atom stereocenters. The molecule has 2 aromatic carbocycles. The number of carbonyl (C=O) groups excluding carboxylic acids is 3. The molecule has 3 amide bonds. The monoisotopic (exact) mass is 395 g/mol. The fraction of sp³-hybridized carbons (Fsp3) is 0.318. The normalized spacial score (nSPS) is 16.1. The Labute approximate surface area is 170 Å². The van der Waals surface area contributed by atoms with Crippen LogP contribution in [0.4, 0.5) is 11.4 Å². The lowest BCUT2D eigenvalue weighted by Crippen LogP contribution is -2.30. The molecular weight excluding hydrogens is 370 g/mol. The summed E-state index contributed by atoms with van der Waals surface area (Å²) in [5, 5.41) is 5.65. The molecule has 1 aliphatic heterocycles. The van der Waals surface area contributed by atoms with Crippen LogP contribution in [0.1, 0.15) is 30.6 Å². The SMILES string of the molecule is COc1ccccc1N1CC(C(=O)Nc2ccc(C(=O)NC(C)C)cc2)CC1=O. The molecule has 1 atom stereocenters. The highest BCUT2D eigenvalue weighted by molar-refractivity contribution is 6.04. The van der Waals surface area contributed by atoms with Crippen LogP contribution in [0.25, 0.3) is 0 Å². The van der Waals surface area contributed by atoms with Crippen molar-refractivity contribution in [3.63, 3.8) is 0 Å². The minimum Gasteiger partial charge on any atom is -0.495 e. The van der Waals surface area contributed by atoms with Gasteiger partial charge in [-0.2, -0.15) is 0 Å². The smallest absolute Gasteiger partial charge is 0.251 e. The van der Waals surface area contributed by atoms with E-state index in [1.807, 2.05) is 26.0 Å². The van der Waals surface area contributed by atoms with E-state index in [0.29, 0.717) is 29.2 Å². The van der Waals surface area contributed by atoms with Gasteiger partial charge in [0.05, 0.1) is 18.7 Å². The maximum absolute atomic E-state index is 12.7. The minimum absolute atomic E-state index is 0.0490. The van der Waals surface area contributed by atoms with Gasteiger partial charge in [-0.25, -0.2) is 0 Å². The summed E-state index contributed by atoms with van der Waals surface area (Å²) in [5.41, 5.74) is 1.77. The van der Waals surface area contributed by atoms with Crippen molar-refractivity contribution in [2.45, 2.75) is 26.3 Å². The highest BCUT2D eigenvalue weighted by atomic mass is 16.5. The van der Waals surface area contributed by atoms with E-state index >= 15 is 0 Å². The Kier molecular flexibility index (Phi) is 6.16. The van der Waals surface area contributed by atoms with Gasteiger partial charge in [0.25, 0.3) is 5.91 Å². The number of amides is 3. The number of para-hydroxylation sites is 2. The van der Waals surface area contributed by atoms with Gasteiger partial charge < -0.3 is 20.3 Å². The average molecular weight is 395 g/mol. The van der Waals surface area contributed by atoms with Gasteiger partial charge in [0.2, 0.25) is 11.8 Å². The summed E-state index contributed by atoms with van der Waals surface area (Å²) in [6.07, 6.45) is 0.138. The van der Waals surface area contributed by atoms with E-state index in [1.165, 1.54) is 0 Å². The van der Waals surface area contributed by atoms with E-state index in [2.05, 4.69) is 10.6 Å². The van der Waals surface area contributed by atoms with Crippen LogP contribution in [0.2, 0.25) is 0 Å². The zero-order valence-electron chi connectivity index (χ0n) is 16.8. The molecule has 1 heterocycles. The molecule has 1 aliphatic rings. The number of nitrogens with zero attached hydrogens (tertiary/aromatic N) is 1. The summed E-state index contributed by atoms with van der Waals surface area (Å²) in [6, 6.07) is 14.0. The number of benzene rings is 2. The Morgan fingerprint density at radius 3 is 2.45 bits per heavy atom. The van der Waals surface area contributed by atoms with Gasteiger partial charge in [-0.1, -0.05) is 12.1 Å². The van der Waals surface area contributed by atoms with E-state index in [-0.39, 0.29) is 30.2 Å². The van der Waals surface area contributed by atoms with Crippen molar-refractivity contribution in [3.05, 3.63) is 54.1 Å². The third-order valence-electron chi connectivity index (χ3n) is 4.71. The Morgan fingerprint density at radius 2 is 1.79 bits per heavy atom. The molecule has 0 spiro atoms. The Bertz CT molecular complexity index is 909. The van der Waals surface area contributed by atoms with E-state index < -0.39 is 5.92 Å². The molecule has 0 radical (unpaired) electrons. The standard InChI is InChI=1S/C22H25N3O4/c1-14(2)23-21(27)15-8-10-17(11-9-15)24-22(28)16-12-20(26)25(13-16)18-6-4-5-7-19(18)29-3/h4-11,14,16H,12-13H2,1-3H3,(H,23,27)(H,24,28). The number of rotatable bonds is 6. The fourth-order valence-corrected chi connectivity index (χ4v) is 3.26. The van der Waals surface area contributed by atoms with Crippen LogP contribution in [-0.4, -0.2) is 37.4 Å². The summed E-state index contributed by atoms with van der Waals surface area (Å²) < 4.78 is 5.32. The largest absolute Gasteiger partial charge is 0.495 e. The number of nitrogens with one attached hydrogen (secondary N) is 2. The molecule has 2 aromatic rings. The first kappa shape index (κ1) is 20.4. The lowest BCUT2D eigenvalue weighted by molar-refractivity contribution is -0.122. The van der Waals surface area contributed by atoms with Crippen LogP contribution in [0.15, 0.2) is 48.5 Å². The van der Waals surface area contributed by atoms with Crippen LogP contribution in [0.3, 0.4) is 0 Å². The zero-order valence-corrected chi connectivity index (χ0v) is 16.8. The van der Waals surface area contributed by atoms with Gasteiger partial charge in [0.1, 0.15) is 5.75 Å². The van der Waals surface area contributed by atoms with Crippen molar-refractivity contribution in [1.82, 2.24) is 5.32 Å². The molecule has 0 aliphatic carbocycles. The predicted octanol–water partition coefficient (Wildman–Crippen LogP) is 2.83. The molecular formula is C22H25N3O4. The van der Waals surface area contributed by atoms with Gasteiger partial charge >= 0.3 is 0 Å². The summed E-state index contributed by atoms with van der Waals surface area (Å²) in [6.45, 7) is 4.08. The quantitative estimate of drug-likeness (QED) is 0.787. The highest BCUT2D eigenvalue weighted by Gasteiger charge is 2.36. The van der Waals surface area contributed by atoms with Crippen molar-refractivity contribution < 1.29 is 19.1 Å². The number of carbonyl (C=O) groups is 3. The number of hydrogen-bond acceptors (Lipinski definition) is 4. The van der Waals surface area contributed by atoms with Gasteiger partial charge in [0, 0.05) is 30.3 Å². The van der Waals surface area contributed by atoms with Gasteiger partial charge in [-0.3, -0.25) is 14.4 Å². The van der Waals surface area contributed by atoms with Crippen LogP contribution < -0.4 is 20.3 Å². The third kappa shape index (κ3) is 4.74. The molecule has 0 aromatic heterocycles. The molecule has 1 fully saturated rings. The first-order valence-electron chi connectivity index (χ1n) is 9.54. The minimum atomic E-state index is -0.462. The summed E-state index contributed by atoms with van der Waals surface area (Å²) in [7, 11) is 1.55. The molecule has 2 N–H and O–H groups in total. The fourth-order valence-electron chi connectivity index (χ4n) is 3.26. The molecule has 152 valence electrons. The molecule has 7 nitrogen and oxygen atoms in total. The van der Waals surface area contributed by atoms with Crippen LogP contribution in [0.5, 0.6) is 5.75 Å². The number of ether oxygens (including phenoxy) is 1. The van der Waals surface area contributed by atoms with Crippen molar-refractivity contribution in [2.24, 2.45) is 5.92 Å². The van der Waals surface area contributed by atoms with Crippen LogP contribution in [0, 0.1) is 5.92 Å². The van der Waals surface area contributed by atoms with Crippen molar-refractivity contribution in [1.29, 1.82) is 0 Å². The van der Waals surface area contributed by atoms with Crippen LogP contribution in [-0.2, 0) is 9.59 Å². The van der Waals surface area contributed by atoms with Gasteiger partial charge in [-0.15, -0.1) is 0 Å². The maximum Gasteiger partial charge on any atom is 0.251 e. The second-order valence-electron chi connectivity index (χ2n) is 7.27. The van der Waals surface area contributed by atoms with Gasteiger partial charge in [0.15, 0.2) is 0 Å². The number of hydrogen-bond donors (Lipinski definition) is 2. The topological polar surface area (TPSA) is 87.7 Å². The van der Waals surface area contributed by atoms with E-state index in [4.69, 9.17) is 4.74 Å². The van der Waals surface area contributed by atoms with Crippen molar-refractivity contribution in [3.8, 4) is 5.75 Å². The number of methoxy groups -OCH3 is 1. The first-order valence-corrected chi connectivity index (χ1v) is 9.54. The van der Waals surface area contributed by atoms with Crippen molar-refractivity contribution in [2.75, 3.05) is 23.9 Å². The Balaban J connectivity index is 1.64. The second-order valence-corrected chi connectivity index (χ2v) is 7.27. The molecule has 1 saturated heterocycles. The molecule has 0 saturated carbocycles. The summed E-state index contributed by atoms with van der Waals surface area (Å²) in [5.74, 6) is -0.370. The maximum atomic E-state index is 12.7. The molecule has 0 bridgehead atoms. The lowest BCUT2D eigenvalue weighted by atomic mass is 10.1. The second kappa shape index (κ2) is 8.77. The van der Waals surface area contributed by atoms with Crippen LogP contribution >= 0.6 is 0 Å². The van der Waals surface area contributed by atoms with E-state index in [1.54, 1.807) is 48.4 Å². The van der Waals surface area contributed by atoms with E-state index in [9.17, 15) is 14.4 Å². The third-order valence-corrected chi connectivity index (χ3v) is 4.71. The molecule has 3 rings (SSSR count). The summed E-state index contributed by atoms with van der Waals surface area (Å²) in [4.78, 5) is 38.7. The number of anilines is 2. The summed E-state index contributed by atoms with van der Waals surface area (Å²) >= 11 is 0. The average Bonchev–Trinajstić information content (AvgIpc) is 3.09. The molecule has 29 heavy (non-hydrogen) atoms. The predicted molar refractivity (Wildman–Crippen MR) is 111 cm³/mol. The highest BCUT2D eigenvalue weighted by Crippen LogP contribution is 2.33. The van der Waals surface area contributed by atoms with Gasteiger partial charge in [-0.05, 0) is 50.2 Å². The molecule has 7 heteroatoms. The first-order chi connectivity index (χ1) is 13.9. The van der Waals surface area contributed by atoms with Crippen molar-refractivity contribution >= 4 is 29.1 Å². The zero-order chi connectivity index (χ0) is 21.0. The Morgan fingerprint density at radius 1 is 1.10 bits per heavy atom. The van der Waals surface area contributed by atoms with E-state index in [0.717, 1.165) is 0 Å². The lowest BCUT2D eigenvalue weighted by Gasteiger charge is -2.19.